The summed E-state index contributed by atoms with van der Waals surface area (Å²) in [5.41, 5.74) is 2.35. The number of carbonyl (C=O) groups excluding carboxylic acids is 2. The van der Waals surface area contributed by atoms with Crippen molar-refractivity contribution in [3.05, 3.63) is 81.5 Å². The van der Waals surface area contributed by atoms with Crippen LogP contribution in [0.15, 0.2) is 64.6 Å². The number of thiocarbonyl (C=S) groups is 1. The summed E-state index contributed by atoms with van der Waals surface area (Å²) >= 11 is 17.3. The van der Waals surface area contributed by atoms with Crippen molar-refractivity contribution in [1.82, 2.24) is 5.32 Å². The number of anilines is 1. The van der Waals surface area contributed by atoms with Crippen molar-refractivity contribution in [2.75, 3.05) is 4.90 Å². The van der Waals surface area contributed by atoms with Gasteiger partial charge in [0.2, 0.25) is 0 Å². The van der Waals surface area contributed by atoms with Crippen molar-refractivity contribution < 1.29 is 14.0 Å². The minimum Gasteiger partial charge on any atom is -0.457 e. The van der Waals surface area contributed by atoms with Crippen LogP contribution in [0.2, 0.25) is 10.0 Å². The van der Waals surface area contributed by atoms with Gasteiger partial charge in [-0.3, -0.25) is 19.8 Å². The Balaban J connectivity index is 1.64. The third-order valence-corrected chi connectivity index (χ3v) is 6.06. The normalized spacial score (nSPS) is 15.6. The molecule has 5 nitrogen and oxygen atoms in total. The highest BCUT2D eigenvalue weighted by atomic mass is 35.5. The number of furan rings is 1. The fourth-order valence-electron chi connectivity index (χ4n) is 3.28. The molecule has 2 heterocycles. The molecule has 0 saturated carbocycles. The van der Waals surface area contributed by atoms with Crippen LogP contribution in [-0.2, 0) is 9.59 Å². The van der Waals surface area contributed by atoms with Gasteiger partial charge in [0.15, 0.2) is 5.11 Å². The maximum absolute atomic E-state index is 13.2. The van der Waals surface area contributed by atoms with E-state index in [2.05, 4.69) is 19.2 Å². The van der Waals surface area contributed by atoms with Crippen LogP contribution < -0.4 is 10.2 Å². The summed E-state index contributed by atoms with van der Waals surface area (Å²) in [6.45, 7) is 4.17. The zero-order valence-corrected chi connectivity index (χ0v) is 19.5. The number of hydrogen-bond donors (Lipinski definition) is 1. The number of amides is 2. The Morgan fingerprint density at radius 2 is 1.72 bits per heavy atom. The molecule has 8 heteroatoms. The molecule has 0 radical (unpaired) electrons. The molecule has 2 amide bonds. The van der Waals surface area contributed by atoms with E-state index in [1.165, 1.54) is 11.0 Å². The molecule has 1 saturated heterocycles. The average Bonchev–Trinajstić information content (AvgIpc) is 3.22. The second-order valence-corrected chi connectivity index (χ2v) is 8.74. The Bertz CT molecular complexity index is 1260. The summed E-state index contributed by atoms with van der Waals surface area (Å²) < 4.78 is 5.81. The number of benzene rings is 2. The molecule has 162 valence electrons. The van der Waals surface area contributed by atoms with Crippen LogP contribution in [0.1, 0.15) is 31.1 Å². The van der Waals surface area contributed by atoms with Gasteiger partial charge in [0.05, 0.1) is 15.7 Å². The number of rotatable bonds is 4. The average molecular weight is 485 g/mol. The highest BCUT2D eigenvalue weighted by molar-refractivity contribution is 7.80. The van der Waals surface area contributed by atoms with Crippen molar-refractivity contribution in [2.45, 2.75) is 19.8 Å². The van der Waals surface area contributed by atoms with Crippen LogP contribution in [-0.4, -0.2) is 16.9 Å². The molecule has 1 aromatic heterocycles. The molecule has 1 fully saturated rings. The third-order valence-electron chi connectivity index (χ3n) is 5.04. The molecule has 0 bridgehead atoms. The van der Waals surface area contributed by atoms with Gasteiger partial charge in [0, 0.05) is 5.56 Å². The topological polar surface area (TPSA) is 62.6 Å². The van der Waals surface area contributed by atoms with Gasteiger partial charge in [-0.2, -0.15) is 0 Å². The maximum atomic E-state index is 13.2. The van der Waals surface area contributed by atoms with Gasteiger partial charge >= 0.3 is 0 Å². The highest BCUT2D eigenvalue weighted by Crippen LogP contribution is 2.31. The maximum Gasteiger partial charge on any atom is 0.270 e. The minimum absolute atomic E-state index is 0.0328. The zero-order valence-electron chi connectivity index (χ0n) is 17.2. The van der Waals surface area contributed by atoms with Gasteiger partial charge in [0.25, 0.3) is 11.8 Å². The molecule has 0 aliphatic carbocycles. The predicted molar refractivity (Wildman–Crippen MR) is 131 cm³/mol. The summed E-state index contributed by atoms with van der Waals surface area (Å²) in [6.07, 6.45) is 1.40. The van der Waals surface area contributed by atoms with E-state index in [9.17, 15) is 9.59 Å². The van der Waals surface area contributed by atoms with E-state index < -0.39 is 11.8 Å². The van der Waals surface area contributed by atoms with Crippen LogP contribution in [0.5, 0.6) is 0 Å². The minimum atomic E-state index is -0.581. The van der Waals surface area contributed by atoms with Crippen LogP contribution in [0, 0.1) is 0 Å². The molecule has 0 unspecified atom stereocenters. The first-order valence-corrected chi connectivity index (χ1v) is 11.0. The Morgan fingerprint density at radius 3 is 2.38 bits per heavy atom. The Hall–Kier alpha value is -2.93. The van der Waals surface area contributed by atoms with Crippen LogP contribution in [0.3, 0.4) is 0 Å². The molecular weight excluding hydrogens is 467 g/mol. The first kappa shape index (κ1) is 22.3. The van der Waals surface area contributed by atoms with E-state index in [1.54, 1.807) is 30.3 Å². The lowest BCUT2D eigenvalue weighted by atomic mass is 10.0. The Labute approximate surface area is 200 Å². The fraction of sp³-hybridized carbons (Fsp3) is 0.125. The van der Waals surface area contributed by atoms with Gasteiger partial charge in [-0.05, 0) is 72.2 Å². The zero-order chi connectivity index (χ0) is 23.0. The van der Waals surface area contributed by atoms with Gasteiger partial charge in [0.1, 0.15) is 17.1 Å². The fourth-order valence-corrected chi connectivity index (χ4v) is 3.86. The van der Waals surface area contributed by atoms with E-state index in [1.807, 2.05) is 24.3 Å². The quantitative estimate of drug-likeness (QED) is 0.271. The van der Waals surface area contributed by atoms with Crippen molar-refractivity contribution >= 4 is 64.1 Å². The molecule has 3 aromatic rings. The van der Waals surface area contributed by atoms with Crippen molar-refractivity contribution in [3.63, 3.8) is 0 Å². The van der Waals surface area contributed by atoms with Crippen LogP contribution in [0.4, 0.5) is 5.69 Å². The molecule has 1 aliphatic rings. The van der Waals surface area contributed by atoms with Crippen molar-refractivity contribution in [1.29, 1.82) is 0 Å². The molecule has 0 spiro atoms. The monoisotopic (exact) mass is 484 g/mol. The lowest BCUT2D eigenvalue weighted by Crippen LogP contribution is -2.54. The van der Waals surface area contributed by atoms with E-state index in [-0.39, 0.29) is 10.7 Å². The number of nitrogens with one attached hydrogen (secondary N) is 1. The second-order valence-electron chi connectivity index (χ2n) is 7.53. The Kier molecular flexibility index (Phi) is 6.20. The van der Waals surface area contributed by atoms with Crippen LogP contribution in [0.25, 0.3) is 17.4 Å². The van der Waals surface area contributed by atoms with Gasteiger partial charge in [-0.15, -0.1) is 0 Å². The van der Waals surface area contributed by atoms with Crippen LogP contribution >= 0.6 is 35.4 Å². The van der Waals surface area contributed by atoms with E-state index >= 15 is 0 Å². The highest BCUT2D eigenvalue weighted by Gasteiger charge is 2.34. The van der Waals surface area contributed by atoms with Gasteiger partial charge in [-0.1, -0.05) is 49.2 Å². The molecular formula is C24H18Cl2N2O3S. The second kappa shape index (κ2) is 8.90. The largest absolute Gasteiger partial charge is 0.457 e. The number of halogens is 2. The summed E-state index contributed by atoms with van der Waals surface area (Å²) in [5.74, 6) is 0.112. The van der Waals surface area contributed by atoms with Crippen molar-refractivity contribution in [2.24, 2.45) is 0 Å². The first-order chi connectivity index (χ1) is 15.2. The molecule has 0 atom stereocenters. The lowest BCUT2D eigenvalue weighted by Gasteiger charge is -2.29. The lowest BCUT2D eigenvalue weighted by molar-refractivity contribution is -0.122. The summed E-state index contributed by atoms with van der Waals surface area (Å²) in [6, 6.07) is 16.0. The summed E-state index contributed by atoms with van der Waals surface area (Å²) in [7, 11) is 0. The Morgan fingerprint density at radius 1 is 1.00 bits per heavy atom. The summed E-state index contributed by atoms with van der Waals surface area (Å²) in [5, 5.41) is 3.44. The van der Waals surface area contributed by atoms with E-state index in [4.69, 9.17) is 39.8 Å². The first-order valence-electron chi connectivity index (χ1n) is 9.81. The number of nitrogens with zero attached hydrogens (tertiary/aromatic N) is 1. The molecule has 4 rings (SSSR count). The third kappa shape index (κ3) is 4.35. The smallest absolute Gasteiger partial charge is 0.270 e. The molecule has 1 N–H and O–H groups in total. The molecule has 2 aromatic carbocycles. The van der Waals surface area contributed by atoms with Crippen molar-refractivity contribution in [3.8, 4) is 11.3 Å². The number of hydrogen-bond acceptors (Lipinski definition) is 4. The SMILES string of the molecule is CC(C)c1ccc(N2C(=O)/C(=C\c3ccc(-c4ccc(Cl)c(Cl)c4)o3)C(=O)NC2=S)cc1. The molecule has 32 heavy (non-hydrogen) atoms. The summed E-state index contributed by atoms with van der Waals surface area (Å²) in [4.78, 5) is 27.0. The standard InChI is InChI=1S/C24H18Cl2N2O3S/c1-13(2)14-3-6-16(7-4-14)28-23(30)18(22(29)27-24(28)32)12-17-8-10-21(31-17)15-5-9-19(25)20(26)11-15/h3-13H,1-2H3,(H,27,29,32)/b18-12-. The molecule has 1 aliphatic heterocycles. The predicted octanol–water partition coefficient (Wildman–Crippen LogP) is 6.21. The van der Waals surface area contributed by atoms with E-state index in [0.717, 1.165) is 11.1 Å². The van der Waals surface area contributed by atoms with E-state index in [0.29, 0.717) is 33.2 Å². The van der Waals surface area contributed by atoms with Gasteiger partial charge < -0.3 is 4.42 Å². The number of carbonyl (C=O) groups is 2. The van der Waals surface area contributed by atoms with Gasteiger partial charge in [-0.25, -0.2) is 0 Å².